The molecule has 0 spiro atoms. The summed E-state index contributed by atoms with van der Waals surface area (Å²) in [5.74, 6) is 0.462. The Kier molecular flexibility index (Phi) is 6.93. The van der Waals surface area contributed by atoms with E-state index >= 15 is 0 Å². The highest BCUT2D eigenvalue weighted by molar-refractivity contribution is 6.34. The minimum absolute atomic E-state index is 0.0527. The molecule has 2 amide bonds. The number of nitrogens with zero attached hydrogens (tertiary/aromatic N) is 3. The topological polar surface area (TPSA) is 65.5 Å². The lowest BCUT2D eigenvalue weighted by atomic mass is 10.2. The van der Waals surface area contributed by atoms with Crippen LogP contribution in [0.15, 0.2) is 66.9 Å². The van der Waals surface area contributed by atoms with Gasteiger partial charge in [-0.25, -0.2) is 4.98 Å². The molecule has 1 aliphatic rings. The molecule has 1 N–H and O–H groups in total. The minimum atomic E-state index is -0.284. The predicted molar refractivity (Wildman–Crippen MR) is 128 cm³/mol. The van der Waals surface area contributed by atoms with Crippen LogP contribution in [0.3, 0.4) is 0 Å². The number of halogens is 2. The van der Waals surface area contributed by atoms with Crippen LogP contribution < -0.4 is 10.2 Å². The summed E-state index contributed by atoms with van der Waals surface area (Å²) in [7, 11) is 0. The number of benzene rings is 2. The molecule has 4 rings (SSSR count). The van der Waals surface area contributed by atoms with Crippen molar-refractivity contribution in [3.63, 3.8) is 0 Å². The van der Waals surface area contributed by atoms with E-state index in [1.807, 2.05) is 29.2 Å². The number of hydrogen-bond donors (Lipinski definition) is 1. The number of carbonyl (C=O) groups excluding carboxylic acids is 2. The van der Waals surface area contributed by atoms with Crippen LogP contribution in [0.2, 0.25) is 10.0 Å². The van der Waals surface area contributed by atoms with Crippen molar-refractivity contribution in [1.29, 1.82) is 0 Å². The fourth-order valence-corrected chi connectivity index (χ4v) is 4.08. The smallest absolute Gasteiger partial charge is 0.257 e. The lowest BCUT2D eigenvalue weighted by Gasteiger charge is -2.23. The van der Waals surface area contributed by atoms with Gasteiger partial charge in [0.2, 0.25) is 0 Å². The zero-order valence-corrected chi connectivity index (χ0v) is 18.8. The fraction of sp³-hybridized carbons (Fsp3) is 0.208. The van der Waals surface area contributed by atoms with Gasteiger partial charge in [0.05, 0.1) is 33.1 Å². The van der Waals surface area contributed by atoms with Crippen LogP contribution in [0.1, 0.15) is 27.1 Å². The van der Waals surface area contributed by atoms with E-state index in [2.05, 4.69) is 15.2 Å². The third kappa shape index (κ3) is 5.03. The Balaban J connectivity index is 1.38. The largest absolute Gasteiger partial charge is 0.355 e. The van der Waals surface area contributed by atoms with Gasteiger partial charge >= 0.3 is 0 Å². The maximum Gasteiger partial charge on any atom is 0.257 e. The monoisotopic (exact) mass is 468 g/mol. The van der Waals surface area contributed by atoms with Crippen molar-refractivity contribution in [3.8, 4) is 0 Å². The van der Waals surface area contributed by atoms with Crippen molar-refractivity contribution in [2.75, 3.05) is 36.4 Å². The SMILES string of the molecule is O=C(Nc1ccc(N2CCCN(C(=O)c3ccccc3Cl)CC2)nc1)c1ccccc1Cl. The summed E-state index contributed by atoms with van der Waals surface area (Å²) in [6, 6.07) is 17.7. The van der Waals surface area contributed by atoms with Gasteiger partial charge < -0.3 is 15.1 Å². The second kappa shape index (κ2) is 10.0. The van der Waals surface area contributed by atoms with E-state index < -0.39 is 0 Å². The molecule has 1 saturated heterocycles. The molecule has 0 atom stereocenters. The van der Waals surface area contributed by atoms with E-state index in [-0.39, 0.29) is 11.8 Å². The first kappa shape index (κ1) is 22.1. The molecular formula is C24H22Cl2N4O2. The molecule has 1 aliphatic heterocycles. The van der Waals surface area contributed by atoms with Gasteiger partial charge in [0.15, 0.2) is 0 Å². The molecular weight excluding hydrogens is 447 g/mol. The van der Waals surface area contributed by atoms with Crippen LogP contribution >= 0.6 is 23.2 Å². The summed E-state index contributed by atoms with van der Waals surface area (Å²) in [4.78, 5) is 33.8. The number of hydrogen-bond acceptors (Lipinski definition) is 4. The predicted octanol–water partition coefficient (Wildman–Crippen LogP) is 4.99. The van der Waals surface area contributed by atoms with Crippen molar-refractivity contribution in [3.05, 3.63) is 88.0 Å². The third-order valence-electron chi connectivity index (χ3n) is 5.34. The molecule has 0 unspecified atom stereocenters. The summed E-state index contributed by atoms with van der Waals surface area (Å²) in [5, 5.41) is 3.68. The van der Waals surface area contributed by atoms with Gasteiger partial charge in [-0.05, 0) is 42.8 Å². The van der Waals surface area contributed by atoms with E-state index in [1.54, 1.807) is 42.6 Å². The Hall–Kier alpha value is -3.09. The van der Waals surface area contributed by atoms with E-state index in [4.69, 9.17) is 23.2 Å². The Morgan fingerprint density at radius 1 is 0.812 bits per heavy atom. The minimum Gasteiger partial charge on any atom is -0.355 e. The summed E-state index contributed by atoms with van der Waals surface area (Å²) < 4.78 is 0. The zero-order valence-electron chi connectivity index (χ0n) is 17.3. The number of nitrogens with one attached hydrogen (secondary N) is 1. The number of pyridine rings is 1. The van der Waals surface area contributed by atoms with Gasteiger partial charge in [-0.1, -0.05) is 47.5 Å². The molecule has 1 aromatic heterocycles. The fourth-order valence-electron chi connectivity index (χ4n) is 3.65. The lowest BCUT2D eigenvalue weighted by molar-refractivity contribution is 0.0767. The van der Waals surface area contributed by atoms with E-state index in [1.165, 1.54) is 0 Å². The zero-order chi connectivity index (χ0) is 22.5. The second-order valence-electron chi connectivity index (χ2n) is 7.45. The molecule has 2 aromatic carbocycles. The van der Waals surface area contributed by atoms with Gasteiger partial charge in [-0.3, -0.25) is 9.59 Å². The highest BCUT2D eigenvalue weighted by Gasteiger charge is 2.22. The molecule has 8 heteroatoms. The van der Waals surface area contributed by atoms with Gasteiger partial charge in [0.25, 0.3) is 11.8 Å². The Morgan fingerprint density at radius 2 is 1.50 bits per heavy atom. The maximum absolute atomic E-state index is 12.9. The maximum atomic E-state index is 12.9. The summed E-state index contributed by atoms with van der Waals surface area (Å²) in [6.45, 7) is 2.68. The number of carbonyl (C=O) groups is 2. The Morgan fingerprint density at radius 3 is 2.16 bits per heavy atom. The normalized spacial score (nSPS) is 14.1. The second-order valence-corrected chi connectivity index (χ2v) is 8.27. The van der Waals surface area contributed by atoms with Crippen LogP contribution in [-0.2, 0) is 0 Å². The molecule has 0 saturated carbocycles. The van der Waals surface area contributed by atoms with Crippen molar-refractivity contribution in [1.82, 2.24) is 9.88 Å². The molecule has 1 fully saturated rings. The van der Waals surface area contributed by atoms with E-state index in [0.29, 0.717) is 46.5 Å². The first-order valence-corrected chi connectivity index (χ1v) is 11.1. The summed E-state index contributed by atoms with van der Waals surface area (Å²) in [6.07, 6.45) is 2.45. The average molecular weight is 469 g/mol. The van der Waals surface area contributed by atoms with Crippen molar-refractivity contribution >= 4 is 46.5 Å². The van der Waals surface area contributed by atoms with Crippen molar-refractivity contribution in [2.24, 2.45) is 0 Å². The van der Waals surface area contributed by atoms with Gasteiger partial charge in [0.1, 0.15) is 5.82 Å². The number of aromatic nitrogens is 1. The molecule has 32 heavy (non-hydrogen) atoms. The Bertz CT molecular complexity index is 1120. The lowest BCUT2D eigenvalue weighted by Crippen LogP contribution is -2.35. The molecule has 2 heterocycles. The molecule has 0 aliphatic carbocycles. The number of rotatable bonds is 4. The molecule has 3 aromatic rings. The van der Waals surface area contributed by atoms with Crippen LogP contribution in [0.4, 0.5) is 11.5 Å². The first-order chi connectivity index (χ1) is 15.5. The number of anilines is 2. The Labute approximate surface area is 196 Å². The quantitative estimate of drug-likeness (QED) is 0.585. The van der Waals surface area contributed by atoms with Crippen molar-refractivity contribution in [2.45, 2.75) is 6.42 Å². The van der Waals surface area contributed by atoms with Gasteiger partial charge in [0, 0.05) is 26.2 Å². The van der Waals surface area contributed by atoms with Crippen LogP contribution in [0.25, 0.3) is 0 Å². The molecule has 6 nitrogen and oxygen atoms in total. The van der Waals surface area contributed by atoms with E-state index in [9.17, 15) is 9.59 Å². The average Bonchev–Trinajstić information content (AvgIpc) is 3.06. The third-order valence-corrected chi connectivity index (χ3v) is 5.99. The van der Waals surface area contributed by atoms with Crippen LogP contribution in [0.5, 0.6) is 0 Å². The standard InChI is InChI=1S/C24H22Cl2N4O2/c25-20-8-3-1-6-18(20)23(31)28-17-10-11-22(27-16-17)29-12-5-13-30(15-14-29)24(32)19-7-2-4-9-21(19)26/h1-4,6-11,16H,5,12-15H2,(H,28,31). The highest BCUT2D eigenvalue weighted by Crippen LogP contribution is 2.21. The van der Waals surface area contributed by atoms with E-state index in [0.717, 1.165) is 18.8 Å². The van der Waals surface area contributed by atoms with Gasteiger partial charge in [-0.2, -0.15) is 0 Å². The van der Waals surface area contributed by atoms with Crippen molar-refractivity contribution < 1.29 is 9.59 Å². The summed E-state index contributed by atoms with van der Waals surface area (Å²) >= 11 is 12.3. The molecule has 0 radical (unpaired) electrons. The molecule has 164 valence electrons. The molecule has 0 bridgehead atoms. The highest BCUT2D eigenvalue weighted by atomic mass is 35.5. The summed E-state index contributed by atoms with van der Waals surface area (Å²) in [5.41, 5.74) is 1.53. The van der Waals surface area contributed by atoms with Gasteiger partial charge in [-0.15, -0.1) is 0 Å². The van der Waals surface area contributed by atoms with Crippen LogP contribution in [-0.4, -0.2) is 47.9 Å². The van der Waals surface area contributed by atoms with Crippen LogP contribution in [0, 0.1) is 0 Å². The first-order valence-electron chi connectivity index (χ1n) is 10.3. The number of amides is 2.